The Bertz CT molecular complexity index is 503. The van der Waals surface area contributed by atoms with E-state index in [1.54, 1.807) is 24.3 Å². The molecule has 0 fully saturated rings. The molecule has 0 saturated carbocycles. The average molecular weight is 300 g/mol. The number of para-hydroxylation sites is 1. The summed E-state index contributed by atoms with van der Waals surface area (Å²) in [5.41, 5.74) is 0.606. The summed E-state index contributed by atoms with van der Waals surface area (Å²) in [6, 6.07) is 6.88. The number of sulfonamides is 1. The molecular weight excluding hydrogens is 276 g/mol. The molecule has 2 N–H and O–H groups in total. The number of hydrogen-bond acceptors (Lipinski definition) is 4. The standard InChI is InChI=1S/C14H24N2O3S/c1-3-5-10-16(11-12-17)20(18,19)14-9-7-6-8-13(14)15-4-2/h6-9,15,17H,3-5,10-12H2,1-2H3. The monoisotopic (exact) mass is 300 g/mol. The molecule has 0 heterocycles. The van der Waals surface area contributed by atoms with Gasteiger partial charge >= 0.3 is 0 Å². The molecule has 0 saturated heterocycles. The van der Waals surface area contributed by atoms with Crippen LogP contribution in [0.3, 0.4) is 0 Å². The highest BCUT2D eigenvalue weighted by Gasteiger charge is 2.25. The van der Waals surface area contributed by atoms with Crippen LogP contribution in [0.15, 0.2) is 29.2 Å². The number of rotatable bonds is 9. The van der Waals surface area contributed by atoms with Gasteiger partial charge in [-0.3, -0.25) is 0 Å². The zero-order valence-electron chi connectivity index (χ0n) is 12.2. The number of aliphatic hydroxyl groups excluding tert-OH is 1. The maximum Gasteiger partial charge on any atom is 0.245 e. The Hall–Kier alpha value is -1.11. The topological polar surface area (TPSA) is 69.6 Å². The van der Waals surface area contributed by atoms with Crippen molar-refractivity contribution in [1.29, 1.82) is 0 Å². The van der Waals surface area contributed by atoms with E-state index >= 15 is 0 Å². The second-order valence-corrected chi connectivity index (χ2v) is 6.41. The minimum atomic E-state index is -3.58. The lowest BCUT2D eigenvalue weighted by Gasteiger charge is -2.22. The summed E-state index contributed by atoms with van der Waals surface area (Å²) in [6.45, 7) is 4.97. The van der Waals surface area contributed by atoms with Crippen LogP contribution in [0.5, 0.6) is 0 Å². The fraction of sp³-hybridized carbons (Fsp3) is 0.571. The van der Waals surface area contributed by atoms with Crippen LogP contribution in [0.2, 0.25) is 0 Å². The van der Waals surface area contributed by atoms with Crippen molar-refractivity contribution in [2.45, 2.75) is 31.6 Å². The Morgan fingerprint density at radius 3 is 2.50 bits per heavy atom. The minimum Gasteiger partial charge on any atom is -0.395 e. The summed E-state index contributed by atoms with van der Waals surface area (Å²) in [5.74, 6) is 0. The largest absolute Gasteiger partial charge is 0.395 e. The fourth-order valence-electron chi connectivity index (χ4n) is 1.97. The lowest BCUT2D eigenvalue weighted by Crippen LogP contribution is -2.34. The van der Waals surface area contributed by atoms with Gasteiger partial charge in [-0.05, 0) is 25.5 Å². The highest BCUT2D eigenvalue weighted by atomic mass is 32.2. The van der Waals surface area contributed by atoms with Crippen molar-refractivity contribution in [3.05, 3.63) is 24.3 Å². The van der Waals surface area contributed by atoms with E-state index in [0.29, 0.717) is 18.8 Å². The quantitative estimate of drug-likeness (QED) is 0.731. The van der Waals surface area contributed by atoms with E-state index in [-0.39, 0.29) is 18.0 Å². The SMILES string of the molecule is CCCCN(CCO)S(=O)(=O)c1ccccc1NCC. The van der Waals surface area contributed by atoms with Gasteiger partial charge in [-0.15, -0.1) is 0 Å². The van der Waals surface area contributed by atoms with Crippen LogP contribution in [0.1, 0.15) is 26.7 Å². The van der Waals surface area contributed by atoms with Crippen molar-refractivity contribution in [2.24, 2.45) is 0 Å². The van der Waals surface area contributed by atoms with Gasteiger partial charge < -0.3 is 10.4 Å². The van der Waals surface area contributed by atoms with Gasteiger partial charge in [-0.25, -0.2) is 8.42 Å². The van der Waals surface area contributed by atoms with Crippen molar-refractivity contribution in [1.82, 2.24) is 4.31 Å². The van der Waals surface area contributed by atoms with Gasteiger partial charge in [-0.2, -0.15) is 4.31 Å². The maximum atomic E-state index is 12.7. The van der Waals surface area contributed by atoms with Crippen molar-refractivity contribution in [3.63, 3.8) is 0 Å². The van der Waals surface area contributed by atoms with Gasteiger partial charge in [0.25, 0.3) is 0 Å². The summed E-state index contributed by atoms with van der Waals surface area (Å²) in [7, 11) is -3.58. The number of benzene rings is 1. The molecule has 0 unspecified atom stereocenters. The van der Waals surface area contributed by atoms with E-state index in [4.69, 9.17) is 5.11 Å². The van der Waals surface area contributed by atoms with Gasteiger partial charge in [0.15, 0.2) is 0 Å². The van der Waals surface area contributed by atoms with Gasteiger partial charge in [0.2, 0.25) is 10.0 Å². The molecule has 0 aliphatic heterocycles. The highest BCUT2D eigenvalue weighted by molar-refractivity contribution is 7.89. The van der Waals surface area contributed by atoms with Crippen LogP contribution in [-0.4, -0.2) is 44.1 Å². The van der Waals surface area contributed by atoms with Crippen LogP contribution in [0.25, 0.3) is 0 Å². The molecule has 0 atom stereocenters. The highest BCUT2D eigenvalue weighted by Crippen LogP contribution is 2.24. The van der Waals surface area contributed by atoms with E-state index in [0.717, 1.165) is 12.8 Å². The zero-order chi connectivity index (χ0) is 15.0. The van der Waals surface area contributed by atoms with Crippen molar-refractivity contribution >= 4 is 15.7 Å². The molecule has 20 heavy (non-hydrogen) atoms. The Labute approximate surface area is 121 Å². The molecule has 6 heteroatoms. The first-order valence-corrected chi connectivity index (χ1v) is 8.45. The molecule has 0 amide bonds. The predicted octanol–water partition coefficient (Wildman–Crippen LogP) is 1.90. The zero-order valence-corrected chi connectivity index (χ0v) is 13.0. The third kappa shape index (κ3) is 4.19. The predicted molar refractivity (Wildman–Crippen MR) is 81.4 cm³/mol. The molecule has 1 aromatic rings. The molecule has 0 aliphatic carbocycles. The molecule has 0 radical (unpaired) electrons. The number of aliphatic hydroxyl groups is 1. The molecule has 1 rings (SSSR count). The molecule has 0 aliphatic rings. The van der Waals surface area contributed by atoms with Crippen molar-refractivity contribution in [2.75, 3.05) is 31.6 Å². The van der Waals surface area contributed by atoms with Crippen LogP contribution < -0.4 is 5.32 Å². The molecule has 0 bridgehead atoms. The second-order valence-electron chi connectivity index (χ2n) is 4.51. The lowest BCUT2D eigenvalue weighted by molar-refractivity contribution is 0.252. The van der Waals surface area contributed by atoms with E-state index in [1.807, 2.05) is 13.8 Å². The second kappa shape index (κ2) is 8.24. The average Bonchev–Trinajstić information content (AvgIpc) is 2.44. The molecule has 0 aromatic heterocycles. The van der Waals surface area contributed by atoms with E-state index in [1.165, 1.54) is 4.31 Å². The number of nitrogens with one attached hydrogen (secondary N) is 1. The summed E-state index contributed by atoms with van der Waals surface area (Å²) in [6.07, 6.45) is 1.69. The first kappa shape index (κ1) is 16.9. The molecule has 1 aromatic carbocycles. The minimum absolute atomic E-state index is 0.128. The summed E-state index contributed by atoms with van der Waals surface area (Å²) >= 11 is 0. The molecule has 5 nitrogen and oxygen atoms in total. The van der Waals surface area contributed by atoms with Crippen LogP contribution >= 0.6 is 0 Å². The smallest absolute Gasteiger partial charge is 0.245 e. The third-order valence-corrected chi connectivity index (χ3v) is 4.94. The van der Waals surface area contributed by atoms with Gasteiger partial charge in [0.1, 0.15) is 4.90 Å². The Kier molecular flexibility index (Phi) is 6.98. The molecular formula is C14H24N2O3S. The Balaban J connectivity index is 3.11. The number of hydrogen-bond donors (Lipinski definition) is 2. The van der Waals surface area contributed by atoms with E-state index in [9.17, 15) is 8.42 Å². The lowest BCUT2D eigenvalue weighted by atomic mass is 10.3. The normalized spacial score (nSPS) is 11.8. The Morgan fingerprint density at radius 2 is 1.90 bits per heavy atom. The van der Waals surface area contributed by atoms with Crippen LogP contribution in [-0.2, 0) is 10.0 Å². The molecule has 0 spiro atoms. The van der Waals surface area contributed by atoms with Gasteiger partial charge in [0.05, 0.1) is 12.3 Å². The summed E-state index contributed by atoms with van der Waals surface area (Å²) < 4.78 is 26.8. The van der Waals surface area contributed by atoms with E-state index < -0.39 is 10.0 Å². The van der Waals surface area contributed by atoms with Crippen LogP contribution in [0.4, 0.5) is 5.69 Å². The van der Waals surface area contributed by atoms with Gasteiger partial charge in [-0.1, -0.05) is 25.5 Å². The first-order valence-electron chi connectivity index (χ1n) is 7.01. The van der Waals surface area contributed by atoms with Crippen molar-refractivity contribution < 1.29 is 13.5 Å². The van der Waals surface area contributed by atoms with Gasteiger partial charge in [0, 0.05) is 19.6 Å². The number of nitrogens with zero attached hydrogens (tertiary/aromatic N) is 1. The fourth-order valence-corrected chi connectivity index (χ4v) is 3.60. The molecule has 114 valence electrons. The van der Waals surface area contributed by atoms with Crippen molar-refractivity contribution in [3.8, 4) is 0 Å². The van der Waals surface area contributed by atoms with E-state index in [2.05, 4.69) is 5.32 Å². The maximum absolute atomic E-state index is 12.7. The summed E-state index contributed by atoms with van der Waals surface area (Å²) in [4.78, 5) is 0.270. The Morgan fingerprint density at radius 1 is 1.20 bits per heavy atom. The first-order chi connectivity index (χ1) is 9.57. The number of unbranched alkanes of at least 4 members (excludes halogenated alkanes) is 1. The number of anilines is 1. The summed E-state index contributed by atoms with van der Waals surface area (Å²) in [5, 5.41) is 12.2. The third-order valence-electron chi connectivity index (χ3n) is 2.98. The van der Waals surface area contributed by atoms with Crippen LogP contribution in [0, 0.1) is 0 Å².